The lowest BCUT2D eigenvalue weighted by atomic mass is 10.1. The van der Waals surface area contributed by atoms with E-state index in [9.17, 15) is 14.4 Å². The highest BCUT2D eigenvalue weighted by Gasteiger charge is 2.17. The van der Waals surface area contributed by atoms with Crippen molar-refractivity contribution in [2.75, 3.05) is 10.6 Å². The van der Waals surface area contributed by atoms with E-state index in [2.05, 4.69) is 73.8 Å². The molecule has 6 heterocycles. The Morgan fingerprint density at radius 1 is 0.645 bits per heavy atom. The number of hydrogen-bond donors (Lipinski definition) is 2. The van der Waals surface area contributed by atoms with Crippen LogP contribution in [0.3, 0.4) is 0 Å². The first-order valence-corrected chi connectivity index (χ1v) is 21.5. The number of benzene rings is 4. The molecule has 2 N–H and O–H groups in total. The molecular weight excluding hydrogens is 815 g/mol. The van der Waals surface area contributed by atoms with Gasteiger partial charge in [-0.3, -0.25) is 29.7 Å². The number of nitrogens with one attached hydrogen (secondary N) is 2. The summed E-state index contributed by atoms with van der Waals surface area (Å²) in [4.78, 5) is 48.0. The Hall–Kier alpha value is -7.68. The molecule has 62 heavy (non-hydrogen) atoms. The fourth-order valence-corrected chi connectivity index (χ4v) is 9.45. The third-order valence-corrected chi connectivity index (χ3v) is 12.8. The maximum absolute atomic E-state index is 13.4. The van der Waals surface area contributed by atoms with E-state index >= 15 is 0 Å². The van der Waals surface area contributed by atoms with Crippen LogP contribution in [-0.2, 0) is 27.2 Å². The van der Waals surface area contributed by atoms with E-state index in [1.807, 2.05) is 76.6 Å². The van der Waals surface area contributed by atoms with E-state index < -0.39 is 0 Å². The van der Waals surface area contributed by atoms with Crippen molar-refractivity contribution in [2.24, 2.45) is 14.1 Å². The minimum Gasteiger partial charge on any atom is -0.313 e. The maximum atomic E-state index is 13.4. The number of fused-ring (bicyclic) bond motifs is 2. The first-order chi connectivity index (χ1) is 30.2. The normalized spacial score (nSPS) is 11.4. The van der Waals surface area contributed by atoms with Gasteiger partial charge in [0, 0.05) is 80.5 Å². The smallest absolute Gasteiger partial charge is 0.257 e. The summed E-state index contributed by atoms with van der Waals surface area (Å²) in [5.41, 5.74) is 8.35. The van der Waals surface area contributed by atoms with E-state index in [1.54, 1.807) is 70.1 Å². The van der Waals surface area contributed by atoms with Crippen molar-refractivity contribution in [3.63, 3.8) is 0 Å². The zero-order chi connectivity index (χ0) is 42.3. The average molecular weight is 852 g/mol. The predicted octanol–water partition coefficient (Wildman–Crippen LogP) is 9.54. The van der Waals surface area contributed by atoms with E-state index in [0.717, 1.165) is 55.0 Å². The van der Waals surface area contributed by atoms with Crippen molar-refractivity contribution >= 4 is 66.6 Å². The minimum atomic E-state index is -0.290. The Morgan fingerprint density at radius 3 is 2.00 bits per heavy atom. The van der Waals surface area contributed by atoms with Gasteiger partial charge in [0.25, 0.3) is 17.4 Å². The van der Waals surface area contributed by atoms with Gasteiger partial charge in [0.1, 0.15) is 0 Å². The number of thiophene rings is 2. The Morgan fingerprint density at radius 2 is 1.31 bits per heavy atom. The molecule has 12 nitrogen and oxygen atoms in total. The van der Waals surface area contributed by atoms with Crippen LogP contribution in [0.2, 0.25) is 0 Å². The lowest BCUT2D eigenvalue weighted by Gasteiger charge is -2.10. The largest absolute Gasteiger partial charge is 0.313 e. The zero-order valence-corrected chi connectivity index (χ0v) is 35.2. The van der Waals surface area contributed by atoms with Crippen LogP contribution < -0.4 is 16.2 Å². The quantitative estimate of drug-likeness (QED) is 0.133. The first kappa shape index (κ1) is 38.5. The van der Waals surface area contributed by atoms with E-state index in [-0.39, 0.29) is 17.4 Å². The van der Waals surface area contributed by atoms with E-state index in [0.29, 0.717) is 36.1 Å². The molecule has 0 atom stereocenters. The van der Waals surface area contributed by atoms with Gasteiger partial charge in [-0.15, -0.1) is 22.7 Å². The van der Waals surface area contributed by atoms with Crippen LogP contribution in [0.15, 0.2) is 156 Å². The zero-order valence-electron chi connectivity index (χ0n) is 33.5. The van der Waals surface area contributed by atoms with Crippen LogP contribution in [0.1, 0.15) is 31.8 Å². The highest BCUT2D eigenvalue weighted by atomic mass is 32.1. The summed E-state index contributed by atoms with van der Waals surface area (Å²) in [5.74, 6) is 0.367. The molecule has 0 bridgehead atoms. The number of pyridine rings is 1. The number of imidazole rings is 2. The third kappa shape index (κ3) is 7.53. The second-order valence-electron chi connectivity index (χ2n) is 15.0. The number of rotatable bonds is 11. The van der Waals surface area contributed by atoms with Gasteiger partial charge in [-0.2, -0.15) is 5.10 Å². The molecule has 304 valence electrons. The summed E-state index contributed by atoms with van der Waals surface area (Å²) in [6, 6.07) is 36.5. The van der Waals surface area contributed by atoms with Crippen molar-refractivity contribution in [1.82, 2.24) is 33.4 Å². The van der Waals surface area contributed by atoms with Crippen LogP contribution in [-0.4, -0.2) is 45.3 Å². The lowest BCUT2D eigenvalue weighted by molar-refractivity contribution is 0.101. The van der Waals surface area contributed by atoms with Gasteiger partial charge in [0.2, 0.25) is 11.9 Å². The minimum absolute atomic E-state index is 0.103. The number of amides is 2. The Kier molecular flexibility index (Phi) is 9.98. The molecule has 0 unspecified atom stereocenters. The van der Waals surface area contributed by atoms with Crippen LogP contribution in [0, 0.1) is 0 Å². The molecule has 10 rings (SSSR count). The molecule has 0 spiro atoms. The highest BCUT2D eigenvalue weighted by Crippen LogP contribution is 2.36. The maximum Gasteiger partial charge on any atom is 0.257 e. The van der Waals surface area contributed by atoms with Crippen LogP contribution >= 0.6 is 22.7 Å². The summed E-state index contributed by atoms with van der Waals surface area (Å²) in [6.45, 7) is 0.855. The van der Waals surface area contributed by atoms with Gasteiger partial charge < -0.3 is 13.7 Å². The van der Waals surface area contributed by atoms with Crippen LogP contribution in [0.25, 0.3) is 53.9 Å². The van der Waals surface area contributed by atoms with E-state index in [1.165, 1.54) is 16.2 Å². The van der Waals surface area contributed by atoms with E-state index in [4.69, 9.17) is 5.10 Å². The number of hydrogen-bond acceptors (Lipinski definition) is 8. The van der Waals surface area contributed by atoms with Gasteiger partial charge in [0.15, 0.2) is 0 Å². The molecule has 10 aromatic rings. The Labute approximate surface area is 363 Å². The van der Waals surface area contributed by atoms with Crippen molar-refractivity contribution in [3.05, 3.63) is 183 Å². The average Bonchev–Trinajstić information content (AvgIpc) is 4.14. The molecule has 0 radical (unpaired) electrons. The number of anilines is 2. The van der Waals surface area contributed by atoms with Gasteiger partial charge in [-0.1, -0.05) is 54.6 Å². The topological polar surface area (TPSA) is 134 Å². The number of nitrogens with zero attached hydrogens (tertiary/aromatic N) is 7. The summed E-state index contributed by atoms with van der Waals surface area (Å²) < 4.78 is 9.54. The molecule has 14 heteroatoms. The van der Waals surface area contributed by atoms with Crippen molar-refractivity contribution in [2.45, 2.75) is 13.1 Å². The molecule has 0 saturated heterocycles. The second kappa shape index (κ2) is 16.1. The third-order valence-electron chi connectivity index (χ3n) is 10.9. The second-order valence-corrected chi connectivity index (χ2v) is 16.8. The van der Waals surface area contributed by atoms with Crippen LogP contribution in [0.4, 0.5) is 11.9 Å². The predicted molar refractivity (Wildman–Crippen MR) is 247 cm³/mol. The van der Waals surface area contributed by atoms with Crippen molar-refractivity contribution in [1.29, 1.82) is 0 Å². The number of aromatic nitrogens is 7. The fraction of sp³-hybridized carbons (Fsp3) is 0.0833. The summed E-state index contributed by atoms with van der Waals surface area (Å²) in [5, 5.41) is 17.3. The SMILES string of the molecule is Cn1c(-c2ccc3ccsc3c2)cnc1NC(=O)c1cccc(Cn2ccc(-c3csc4cc(-c5cnc(NC(=O)c6cccc(Cn7ccccc7=O)c6)n5C)ccc34)n2)c1. The lowest BCUT2D eigenvalue weighted by Crippen LogP contribution is -2.19. The summed E-state index contributed by atoms with van der Waals surface area (Å²) in [7, 11) is 3.78. The molecule has 0 aliphatic heterocycles. The van der Waals surface area contributed by atoms with Crippen molar-refractivity contribution < 1.29 is 9.59 Å². The molecule has 0 aliphatic rings. The molecule has 2 amide bonds. The van der Waals surface area contributed by atoms with Gasteiger partial charge in [-0.05, 0) is 76.5 Å². The molecule has 0 aliphatic carbocycles. The number of carbonyl (C=O) groups is 2. The standard InChI is InChI=1S/C48H37N9O3S2/c1-54-40(33-13-12-32-17-20-61-42(32)23-33)25-49-47(54)52-46(60)36-10-6-8-31(22-36)28-57-19-16-39(53-57)38-29-62-43-24-34(14-15-37(38)43)41-26-50-48(55(41)2)51-45(59)35-9-5-7-30(21-35)27-56-18-4-3-11-44(56)58/h3-26,29H,27-28H2,1-2H3,(H,49,52,60)(H,50,51,59). The van der Waals surface area contributed by atoms with Gasteiger partial charge in [0.05, 0.1) is 42.6 Å². The fourth-order valence-electron chi connectivity index (χ4n) is 7.63. The Bertz CT molecular complexity index is 3380. The van der Waals surface area contributed by atoms with Gasteiger partial charge in [-0.25, -0.2) is 9.97 Å². The highest BCUT2D eigenvalue weighted by molar-refractivity contribution is 7.18. The summed E-state index contributed by atoms with van der Waals surface area (Å²) in [6.07, 6.45) is 7.22. The monoisotopic (exact) mass is 851 g/mol. The van der Waals surface area contributed by atoms with Crippen molar-refractivity contribution in [3.8, 4) is 33.8 Å². The van der Waals surface area contributed by atoms with Crippen LogP contribution in [0.5, 0.6) is 0 Å². The first-order valence-electron chi connectivity index (χ1n) is 19.8. The number of carbonyl (C=O) groups excluding carboxylic acids is 2. The Balaban J connectivity index is 0.799. The molecule has 4 aromatic carbocycles. The molecular formula is C48H37N9O3S2. The van der Waals surface area contributed by atoms with Gasteiger partial charge >= 0.3 is 0 Å². The molecule has 0 saturated carbocycles. The summed E-state index contributed by atoms with van der Waals surface area (Å²) >= 11 is 3.34. The molecule has 0 fully saturated rings. The molecule has 6 aromatic heterocycles.